The molecule has 2 atom stereocenters. The van der Waals surface area contributed by atoms with Gasteiger partial charge in [-0.1, -0.05) is 35.9 Å². The van der Waals surface area contributed by atoms with Gasteiger partial charge in [0.15, 0.2) is 5.16 Å². The largest absolute Gasteiger partial charge is 0.394 e. The molecule has 3 N–H and O–H groups in total. The standard InChI is InChI=1S/C18H23ClFN5O3S2/c1-10(13-7-6-12(19)8-14(13)20)29-18-23-16(21-15(9-26)11-4-3-5-11)22-17(24-18)25-30(2,27)28/h6-8,10-11,15,26H,3-5,9H2,1-2H3,(H2,21,22,23,24,25)/t10-,15+/m1/s1. The predicted molar refractivity (Wildman–Crippen MR) is 116 cm³/mol. The lowest BCUT2D eigenvalue weighted by atomic mass is 9.80. The molecule has 0 amide bonds. The summed E-state index contributed by atoms with van der Waals surface area (Å²) in [6.07, 6.45) is 4.08. The second kappa shape index (κ2) is 9.63. The second-order valence-electron chi connectivity index (χ2n) is 7.19. The molecule has 1 aliphatic rings. The third-order valence-corrected chi connectivity index (χ3v) is 6.59. The molecule has 30 heavy (non-hydrogen) atoms. The molecule has 0 aliphatic heterocycles. The summed E-state index contributed by atoms with van der Waals surface area (Å²) in [6, 6.07) is 4.17. The Labute approximate surface area is 184 Å². The van der Waals surface area contributed by atoms with Crippen molar-refractivity contribution in [3.8, 4) is 0 Å². The summed E-state index contributed by atoms with van der Waals surface area (Å²) in [5, 5.41) is 12.9. The maximum atomic E-state index is 14.3. The van der Waals surface area contributed by atoms with Crippen LogP contribution in [0.3, 0.4) is 0 Å². The number of hydrogen-bond acceptors (Lipinski definition) is 8. The highest BCUT2D eigenvalue weighted by atomic mass is 35.5. The van der Waals surface area contributed by atoms with Gasteiger partial charge in [0, 0.05) is 15.8 Å². The summed E-state index contributed by atoms with van der Waals surface area (Å²) >= 11 is 6.97. The van der Waals surface area contributed by atoms with Crippen LogP contribution in [0.5, 0.6) is 0 Å². The van der Waals surface area contributed by atoms with E-state index in [-0.39, 0.29) is 35.0 Å². The minimum atomic E-state index is -3.61. The van der Waals surface area contributed by atoms with E-state index >= 15 is 0 Å². The molecule has 0 unspecified atom stereocenters. The molecule has 1 fully saturated rings. The minimum Gasteiger partial charge on any atom is -0.394 e. The van der Waals surface area contributed by atoms with Gasteiger partial charge in [0.1, 0.15) is 5.82 Å². The molecular formula is C18H23ClFN5O3S2. The summed E-state index contributed by atoms with van der Waals surface area (Å²) in [7, 11) is -3.61. The van der Waals surface area contributed by atoms with Crippen LogP contribution in [-0.2, 0) is 10.0 Å². The number of benzene rings is 1. The second-order valence-corrected chi connectivity index (χ2v) is 10.7. The average Bonchev–Trinajstić information content (AvgIpc) is 2.57. The third kappa shape index (κ3) is 6.16. The van der Waals surface area contributed by atoms with Crippen molar-refractivity contribution in [1.29, 1.82) is 0 Å². The molecule has 3 rings (SSSR count). The van der Waals surface area contributed by atoms with Crippen LogP contribution < -0.4 is 10.0 Å². The van der Waals surface area contributed by atoms with Crippen molar-refractivity contribution in [1.82, 2.24) is 15.0 Å². The van der Waals surface area contributed by atoms with Crippen LogP contribution in [0, 0.1) is 11.7 Å². The Morgan fingerprint density at radius 1 is 1.30 bits per heavy atom. The number of thioether (sulfide) groups is 1. The average molecular weight is 476 g/mol. The summed E-state index contributed by atoms with van der Waals surface area (Å²) in [4.78, 5) is 12.6. The highest BCUT2D eigenvalue weighted by Gasteiger charge is 2.28. The zero-order valence-corrected chi connectivity index (χ0v) is 18.9. The third-order valence-electron chi connectivity index (χ3n) is 4.80. The van der Waals surface area contributed by atoms with Gasteiger partial charge in [-0.3, -0.25) is 4.72 Å². The Hall–Kier alpha value is -1.69. The Bertz CT molecular complexity index is 1010. The van der Waals surface area contributed by atoms with Crippen LogP contribution in [0.1, 0.15) is 37.0 Å². The van der Waals surface area contributed by atoms with E-state index in [9.17, 15) is 17.9 Å². The Balaban J connectivity index is 1.86. The van der Waals surface area contributed by atoms with Crippen LogP contribution in [0.25, 0.3) is 0 Å². The number of aliphatic hydroxyl groups excluding tert-OH is 1. The molecule has 1 saturated carbocycles. The lowest BCUT2D eigenvalue weighted by Crippen LogP contribution is -2.37. The van der Waals surface area contributed by atoms with E-state index in [1.54, 1.807) is 19.1 Å². The molecule has 1 aliphatic carbocycles. The number of rotatable bonds is 9. The topological polar surface area (TPSA) is 117 Å². The quantitative estimate of drug-likeness (QED) is 0.472. The molecule has 1 aromatic heterocycles. The SMILES string of the molecule is C[C@@H](Sc1nc(N[C@@H](CO)C2CCC2)nc(NS(C)(=O)=O)n1)c1ccc(Cl)cc1F. The van der Waals surface area contributed by atoms with Crippen LogP contribution in [0.4, 0.5) is 16.3 Å². The first kappa shape index (κ1) is 23.0. The number of hydrogen-bond donors (Lipinski definition) is 3. The van der Waals surface area contributed by atoms with E-state index in [1.165, 1.54) is 6.07 Å². The summed E-state index contributed by atoms with van der Waals surface area (Å²) < 4.78 is 39.8. The maximum Gasteiger partial charge on any atom is 0.242 e. The smallest absolute Gasteiger partial charge is 0.242 e. The molecule has 12 heteroatoms. The molecule has 0 spiro atoms. The number of nitrogens with zero attached hydrogens (tertiary/aromatic N) is 3. The van der Waals surface area contributed by atoms with Crippen molar-refractivity contribution in [2.24, 2.45) is 5.92 Å². The Morgan fingerprint density at radius 3 is 2.57 bits per heavy atom. The molecule has 0 bridgehead atoms. The van der Waals surface area contributed by atoms with Crippen molar-refractivity contribution >= 4 is 45.3 Å². The van der Waals surface area contributed by atoms with Gasteiger partial charge in [-0.25, -0.2) is 12.8 Å². The van der Waals surface area contributed by atoms with Gasteiger partial charge in [0.25, 0.3) is 0 Å². The molecular weight excluding hydrogens is 453 g/mol. The van der Waals surface area contributed by atoms with E-state index in [0.717, 1.165) is 37.3 Å². The fourth-order valence-electron chi connectivity index (χ4n) is 3.06. The highest BCUT2D eigenvalue weighted by Crippen LogP contribution is 2.36. The normalized spacial score (nSPS) is 16.6. The fraction of sp³-hybridized carbons (Fsp3) is 0.500. The van der Waals surface area contributed by atoms with Gasteiger partial charge >= 0.3 is 0 Å². The van der Waals surface area contributed by atoms with Crippen LogP contribution in [-0.4, -0.2) is 47.4 Å². The summed E-state index contributed by atoms with van der Waals surface area (Å²) in [5.41, 5.74) is 0.416. The molecule has 8 nitrogen and oxygen atoms in total. The van der Waals surface area contributed by atoms with Crippen LogP contribution in [0.2, 0.25) is 5.02 Å². The number of aliphatic hydroxyl groups is 1. The molecule has 1 aromatic carbocycles. The molecule has 164 valence electrons. The van der Waals surface area contributed by atoms with Gasteiger partial charge in [-0.15, -0.1) is 0 Å². The van der Waals surface area contributed by atoms with Crippen molar-refractivity contribution in [3.05, 3.63) is 34.6 Å². The van der Waals surface area contributed by atoms with Crippen molar-refractivity contribution < 1.29 is 17.9 Å². The number of aromatic nitrogens is 3. The molecule has 0 saturated heterocycles. The minimum absolute atomic E-state index is 0.0972. The molecule has 1 heterocycles. The van der Waals surface area contributed by atoms with Gasteiger partial charge in [-0.2, -0.15) is 15.0 Å². The zero-order chi connectivity index (χ0) is 21.9. The maximum absolute atomic E-state index is 14.3. The van der Waals surface area contributed by atoms with Gasteiger partial charge in [0.05, 0.1) is 18.9 Å². The van der Waals surface area contributed by atoms with E-state index in [4.69, 9.17) is 11.6 Å². The van der Waals surface area contributed by atoms with E-state index in [2.05, 4.69) is 25.0 Å². The zero-order valence-electron chi connectivity index (χ0n) is 16.5. The number of halogens is 2. The lowest BCUT2D eigenvalue weighted by Gasteiger charge is -2.33. The van der Waals surface area contributed by atoms with E-state index in [1.807, 2.05) is 0 Å². The summed E-state index contributed by atoms with van der Waals surface area (Å²) in [5.74, 6) is -0.147. The van der Waals surface area contributed by atoms with Crippen molar-refractivity contribution in [2.45, 2.75) is 42.6 Å². The van der Waals surface area contributed by atoms with Crippen LogP contribution in [0.15, 0.2) is 23.4 Å². The van der Waals surface area contributed by atoms with Gasteiger partial charge in [0.2, 0.25) is 21.9 Å². The molecule has 2 aromatic rings. The summed E-state index contributed by atoms with van der Waals surface area (Å²) in [6.45, 7) is 1.68. The van der Waals surface area contributed by atoms with Gasteiger partial charge in [-0.05, 0) is 37.8 Å². The number of nitrogens with one attached hydrogen (secondary N) is 2. The number of anilines is 2. The first-order valence-electron chi connectivity index (χ1n) is 9.37. The van der Waals surface area contributed by atoms with Crippen LogP contribution >= 0.6 is 23.4 Å². The number of sulfonamides is 1. The van der Waals surface area contributed by atoms with E-state index in [0.29, 0.717) is 16.5 Å². The lowest BCUT2D eigenvalue weighted by molar-refractivity contribution is 0.186. The first-order valence-corrected chi connectivity index (χ1v) is 12.5. The van der Waals surface area contributed by atoms with Crippen molar-refractivity contribution in [3.63, 3.8) is 0 Å². The Morgan fingerprint density at radius 2 is 2.00 bits per heavy atom. The first-order chi connectivity index (χ1) is 14.1. The van der Waals surface area contributed by atoms with Crippen molar-refractivity contribution in [2.75, 3.05) is 22.9 Å². The highest BCUT2D eigenvalue weighted by molar-refractivity contribution is 7.99. The molecule has 0 radical (unpaired) electrons. The van der Waals surface area contributed by atoms with E-state index < -0.39 is 15.8 Å². The monoisotopic (exact) mass is 475 g/mol. The fourth-order valence-corrected chi connectivity index (χ4v) is 4.55. The van der Waals surface area contributed by atoms with Gasteiger partial charge < -0.3 is 10.4 Å². The predicted octanol–water partition coefficient (Wildman–Crippen LogP) is 3.46. The Kier molecular flexibility index (Phi) is 7.38.